The van der Waals surface area contributed by atoms with Crippen molar-refractivity contribution in [1.29, 1.82) is 0 Å². The minimum Gasteiger partial charge on any atom is -0.309 e. The molecule has 0 saturated heterocycles. The number of nitrogens with one attached hydrogen (secondary N) is 2. The molecule has 2 heterocycles. The summed E-state index contributed by atoms with van der Waals surface area (Å²) < 4.78 is 30.4. The maximum atomic E-state index is 13.2. The molecule has 6 aromatic rings. The van der Waals surface area contributed by atoms with Gasteiger partial charge < -0.3 is 4.57 Å². The Hall–Kier alpha value is -4.99. The minimum absolute atomic E-state index is 0.153. The zero-order valence-corrected chi connectivity index (χ0v) is 23.3. The molecule has 0 radical (unpaired) electrons. The number of hydrogen-bond donors (Lipinski definition) is 2. The second-order valence-corrected chi connectivity index (χ2v) is 12.0. The smallest absolute Gasteiger partial charge is 0.273 e. The van der Waals surface area contributed by atoms with Crippen molar-refractivity contribution in [3.8, 4) is 16.9 Å². The molecule has 202 valence electrons. The van der Waals surface area contributed by atoms with E-state index in [1.165, 1.54) is 6.07 Å². The molecule has 4 aromatic carbocycles. The molecule has 0 aliphatic carbocycles. The number of anilines is 1. The minimum atomic E-state index is -3.83. The van der Waals surface area contributed by atoms with Crippen LogP contribution in [0.4, 0.5) is 5.69 Å². The van der Waals surface area contributed by atoms with Crippen LogP contribution in [0.2, 0.25) is 0 Å². The third-order valence-electron chi connectivity index (χ3n) is 6.51. The highest BCUT2D eigenvalue weighted by atomic mass is 32.2. The number of hydrogen-bond acceptors (Lipinski definition) is 5. The largest absolute Gasteiger partial charge is 0.309 e. The summed E-state index contributed by atoms with van der Waals surface area (Å²) in [5, 5.41) is 6.99. The highest BCUT2D eigenvalue weighted by Gasteiger charge is 2.21. The van der Waals surface area contributed by atoms with E-state index in [1.807, 2.05) is 66.7 Å². The van der Waals surface area contributed by atoms with Crippen LogP contribution in [0.15, 0.2) is 136 Å². The molecule has 0 atom stereocenters. The van der Waals surface area contributed by atoms with Gasteiger partial charge in [-0.3, -0.25) is 9.52 Å². The molecule has 0 unspecified atom stereocenters. The quantitative estimate of drug-likeness (QED) is 0.152. The molecule has 0 aliphatic heterocycles. The SMILES string of the molecule is O=C(N/N=C/c1c(-c2ccccc2)n(-c2ccccc2)c2ccccc12)c1ccccc1NS(=O)(=O)c1cccs1. The topological polar surface area (TPSA) is 92.6 Å². The lowest BCUT2D eigenvalue weighted by Crippen LogP contribution is -2.21. The van der Waals surface area contributed by atoms with Gasteiger partial charge in [0.15, 0.2) is 0 Å². The Morgan fingerprint density at radius 1 is 0.780 bits per heavy atom. The molecular weight excluding hydrogens is 553 g/mol. The fraction of sp³-hybridized carbons (Fsp3) is 0. The molecular formula is C32H24N4O3S2. The molecule has 9 heteroatoms. The summed E-state index contributed by atoms with van der Waals surface area (Å²) in [4.78, 5) is 13.2. The lowest BCUT2D eigenvalue weighted by atomic mass is 10.1. The molecule has 0 saturated carbocycles. The summed E-state index contributed by atoms with van der Waals surface area (Å²) in [6.07, 6.45) is 1.64. The molecule has 6 rings (SSSR count). The number of amides is 1. The molecule has 1 amide bonds. The van der Waals surface area contributed by atoms with E-state index in [1.54, 1.807) is 41.9 Å². The number of fused-ring (bicyclic) bond motifs is 1. The van der Waals surface area contributed by atoms with Gasteiger partial charge in [0.2, 0.25) is 0 Å². The van der Waals surface area contributed by atoms with Crippen molar-refractivity contribution in [1.82, 2.24) is 9.99 Å². The summed E-state index contributed by atoms with van der Waals surface area (Å²) in [5.74, 6) is -0.543. The van der Waals surface area contributed by atoms with Gasteiger partial charge in [-0.1, -0.05) is 84.9 Å². The summed E-state index contributed by atoms with van der Waals surface area (Å²) in [6.45, 7) is 0. The number of aromatic nitrogens is 1. The standard InChI is InChI=1S/C32H24N4O3S2/c37-32(26-17-7-9-18-28(26)35-41(38,39)30-20-11-21-40-30)34-33-22-27-25-16-8-10-19-29(25)36(24-14-5-2-6-15-24)31(27)23-12-3-1-4-13-23/h1-22,35H,(H,34,37)/b33-22+. The second-order valence-electron chi connectivity index (χ2n) is 9.10. The molecule has 41 heavy (non-hydrogen) atoms. The number of rotatable bonds is 8. The van der Waals surface area contributed by atoms with Crippen molar-refractivity contribution in [3.05, 3.63) is 138 Å². The summed E-state index contributed by atoms with van der Waals surface area (Å²) in [5.41, 5.74) is 7.67. The molecule has 0 spiro atoms. The number of thiophene rings is 1. The van der Waals surface area contributed by atoms with Gasteiger partial charge in [-0.2, -0.15) is 5.10 Å². The van der Waals surface area contributed by atoms with E-state index < -0.39 is 15.9 Å². The zero-order chi connectivity index (χ0) is 28.2. The Balaban J connectivity index is 1.37. The van der Waals surface area contributed by atoms with E-state index >= 15 is 0 Å². The number of nitrogens with zero attached hydrogens (tertiary/aromatic N) is 2. The van der Waals surface area contributed by atoms with Crippen LogP contribution >= 0.6 is 11.3 Å². The van der Waals surface area contributed by atoms with E-state index in [0.717, 1.165) is 44.7 Å². The maximum absolute atomic E-state index is 13.2. The van der Waals surface area contributed by atoms with Crippen molar-refractivity contribution >= 4 is 50.1 Å². The molecule has 0 fully saturated rings. The average Bonchev–Trinajstić information content (AvgIpc) is 3.66. The molecule has 2 N–H and O–H groups in total. The van der Waals surface area contributed by atoms with Crippen LogP contribution in [0.3, 0.4) is 0 Å². The van der Waals surface area contributed by atoms with Crippen LogP contribution in [-0.2, 0) is 10.0 Å². The van der Waals surface area contributed by atoms with Crippen LogP contribution in [0, 0.1) is 0 Å². The van der Waals surface area contributed by atoms with Crippen LogP contribution in [0.25, 0.3) is 27.8 Å². The third kappa shape index (κ3) is 5.28. The van der Waals surface area contributed by atoms with Crippen LogP contribution in [-0.4, -0.2) is 25.1 Å². The highest BCUT2D eigenvalue weighted by molar-refractivity contribution is 7.94. The Kier molecular flexibility index (Phi) is 7.20. The van der Waals surface area contributed by atoms with Gasteiger partial charge in [0.1, 0.15) is 4.21 Å². The summed E-state index contributed by atoms with van der Waals surface area (Å²) in [6, 6.07) is 37.7. The van der Waals surface area contributed by atoms with Crippen LogP contribution in [0.5, 0.6) is 0 Å². The molecule has 0 bridgehead atoms. The van der Waals surface area contributed by atoms with Gasteiger partial charge in [0, 0.05) is 16.6 Å². The Morgan fingerprint density at radius 2 is 1.46 bits per heavy atom. The Bertz CT molecular complexity index is 1970. The summed E-state index contributed by atoms with van der Waals surface area (Å²) >= 11 is 1.10. The first-order valence-corrected chi connectivity index (χ1v) is 15.1. The number of para-hydroxylation sites is 3. The lowest BCUT2D eigenvalue weighted by molar-refractivity contribution is 0.0956. The first-order valence-electron chi connectivity index (χ1n) is 12.8. The average molecular weight is 577 g/mol. The van der Waals surface area contributed by atoms with Crippen molar-refractivity contribution in [3.63, 3.8) is 0 Å². The van der Waals surface area contributed by atoms with Gasteiger partial charge in [0.25, 0.3) is 15.9 Å². The molecule has 2 aromatic heterocycles. The fourth-order valence-corrected chi connectivity index (χ4v) is 6.79. The van der Waals surface area contributed by atoms with E-state index in [9.17, 15) is 13.2 Å². The van der Waals surface area contributed by atoms with Crippen molar-refractivity contribution in [2.24, 2.45) is 5.10 Å². The summed E-state index contributed by atoms with van der Waals surface area (Å²) in [7, 11) is -3.83. The Morgan fingerprint density at radius 3 is 2.22 bits per heavy atom. The van der Waals surface area contributed by atoms with E-state index in [-0.39, 0.29) is 15.5 Å². The molecule has 7 nitrogen and oxygen atoms in total. The maximum Gasteiger partial charge on any atom is 0.273 e. The van der Waals surface area contributed by atoms with Gasteiger partial charge in [-0.25, -0.2) is 13.8 Å². The Labute approximate surface area is 241 Å². The normalized spacial score (nSPS) is 11.6. The van der Waals surface area contributed by atoms with Gasteiger partial charge in [0.05, 0.1) is 28.7 Å². The number of carbonyl (C=O) groups excluding carboxylic acids is 1. The van der Waals surface area contributed by atoms with Gasteiger partial charge >= 0.3 is 0 Å². The number of hydrazone groups is 1. The predicted molar refractivity (Wildman–Crippen MR) is 165 cm³/mol. The first-order chi connectivity index (χ1) is 20.0. The van der Waals surface area contributed by atoms with Crippen molar-refractivity contribution < 1.29 is 13.2 Å². The number of benzene rings is 4. The fourth-order valence-electron chi connectivity index (χ4n) is 4.72. The predicted octanol–water partition coefficient (Wildman–Crippen LogP) is 6.92. The second kappa shape index (κ2) is 11.2. The molecule has 0 aliphatic rings. The number of sulfonamides is 1. The van der Waals surface area contributed by atoms with E-state index in [4.69, 9.17) is 0 Å². The number of carbonyl (C=O) groups is 1. The zero-order valence-electron chi connectivity index (χ0n) is 21.6. The monoisotopic (exact) mass is 576 g/mol. The lowest BCUT2D eigenvalue weighted by Gasteiger charge is -2.12. The van der Waals surface area contributed by atoms with E-state index in [2.05, 4.69) is 38.0 Å². The van der Waals surface area contributed by atoms with Gasteiger partial charge in [-0.05, 0) is 47.3 Å². The first kappa shape index (κ1) is 26.2. The van der Waals surface area contributed by atoms with Crippen molar-refractivity contribution in [2.45, 2.75) is 4.21 Å². The highest BCUT2D eigenvalue weighted by Crippen LogP contribution is 2.35. The van der Waals surface area contributed by atoms with Crippen molar-refractivity contribution in [2.75, 3.05) is 4.72 Å². The van der Waals surface area contributed by atoms with E-state index in [0.29, 0.717) is 0 Å². The van der Waals surface area contributed by atoms with Crippen LogP contribution < -0.4 is 10.1 Å². The third-order valence-corrected chi connectivity index (χ3v) is 9.27. The van der Waals surface area contributed by atoms with Crippen LogP contribution in [0.1, 0.15) is 15.9 Å². The van der Waals surface area contributed by atoms with Gasteiger partial charge in [-0.15, -0.1) is 11.3 Å².